The molecule has 4 rings (SSSR count). The fraction of sp³-hybridized carbons (Fsp3) is 0.444. The lowest BCUT2D eigenvalue weighted by Gasteiger charge is -2.28. The molecule has 3 amide bonds. The van der Waals surface area contributed by atoms with E-state index in [0.29, 0.717) is 5.69 Å². The molecule has 142 valence electrons. The molecule has 0 radical (unpaired) electrons. The molecule has 9 heteroatoms. The zero-order chi connectivity index (χ0) is 19.5. The van der Waals surface area contributed by atoms with Crippen molar-refractivity contribution < 1.29 is 24.3 Å². The van der Waals surface area contributed by atoms with Gasteiger partial charge in [0.1, 0.15) is 6.54 Å². The van der Waals surface area contributed by atoms with Gasteiger partial charge in [-0.3, -0.25) is 19.3 Å². The van der Waals surface area contributed by atoms with Gasteiger partial charge in [-0.15, -0.1) is 0 Å². The number of aromatic carboxylic acids is 1. The summed E-state index contributed by atoms with van der Waals surface area (Å²) in [5, 5.41) is 11.5. The quantitative estimate of drug-likeness (QED) is 0.487. The van der Waals surface area contributed by atoms with Crippen molar-refractivity contribution in [2.75, 3.05) is 11.9 Å². The number of hydrogen-bond donors (Lipinski definition) is 2. The third-order valence-electron chi connectivity index (χ3n) is 5.80. The molecular weight excluding hydrogens is 484 g/mol. The molecule has 0 unspecified atom stereocenters. The summed E-state index contributed by atoms with van der Waals surface area (Å²) in [5.41, 5.74) is 0.514. The number of anilines is 1. The largest absolute Gasteiger partial charge is 0.478 e. The highest BCUT2D eigenvalue weighted by Gasteiger charge is 2.66. The van der Waals surface area contributed by atoms with E-state index in [1.165, 1.54) is 24.3 Å². The summed E-state index contributed by atoms with van der Waals surface area (Å²) in [7, 11) is 0. The molecule has 1 aromatic carbocycles. The molecule has 2 N–H and O–H groups in total. The first-order chi connectivity index (χ1) is 12.8. The summed E-state index contributed by atoms with van der Waals surface area (Å²) in [6, 6.07) is 5.68. The van der Waals surface area contributed by atoms with Crippen molar-refractivity contribution >= 4 is 61.2 Å². The van der Waals surface area contributed by atoms with Crippen LogP contribution in [0.1, 0.15) is 16.8 Å². The number of fused-ring (bicyclic) bond motifs is 5. The number of nitrogens with one attached hydrogen (secondary N) is 1. The van der Waals surface area contributed by atoms with Crippen LogP contribution >= 0.6 is 31.9 Å². The Kier molecular flexibility index (Phi) is 4.62. The van der Waals surface area contributed by atoms with E-state index in [9.17, 15) is 19.2 Å². The maximum Gasteiger partial charge on any atom is 0.335 e. The van der Waals surface area contributed by atoms with Crippen molar-refractivity contribution in [1.29, 1.82) is 0 Å². The van der Waals surface area contributed by atoms with Gasteiger partial charge >= 0.3 is 5.97 Å². The first kappa shape index (κ1) is 18.6. The summed E-state index contributed by atoms with van der Waals surface area (Å²) in [6.45, 7) is -0.329. The number of carboxylic acid groups (broad SMARTS) is 1. The van der Waals surface area contributed by atoms with Crippen molar-refractivity contribution in [3.8, 4) is 0 Å². The molecule has 1 saturated heterocycles. The number of carbonyl (C=O) groups is 4. The van der Waals surface area contributed by atoms with Crippen LogP contribution in [0.25, 0.3) is 0 Å². The number of amides is 3. The van der Waals surface area contributed by atoms with Gasteiger partial charge in [-0.25, -0.2) is 4.79 Å². The van der Waals surface area contributed by atoms with E-state index in [0.717, 1.165) is 11.3 Å². The third kappa shape index (κ3) is 2.91. The molecule has 3 fully saturated rings. The van der Waals surface area contributed by atoms with Crippen molar-refractivity contribution in [2.45, 2.75) is 16.1 Å². The van der Waals surface area contributed by atoms with E-state index >= 15 is 0 Å². The Bertz CT molecular complexity index is 811. The van der Waals surface area contributed by atoms with Gasteiger partial charge in [-0.1, -0.05) is 31.9 Å². The Balaban J connectivity index is 1.44. The van der Waals surface area contributed by atoms with Crippen molar-refractivity contribution in [3.05, 3.63) is 29.8 Å². The number of hydrogen-bond acceptors (Lipinski definition) is 4. The zero-order valence-electron chi connectivity index (χ0n) is 14.0. The molecular formula is C18H16Br2N2O5. The molecule has 2 bridgehead atoms. The van der Waals surface area contributed by atoms with Gasteiger partial charge in [0.2, 0.25) is 17.7 Å². The highest BCUT2D eigenvalue weighted by Crippen LogP contribution is 2.60. The maximum atomic E-state index is 12.8. The maximum absolute atomic E-state index is 12.8. The zero-order valence-corrected chi connectivity index (χ0v) is 17.1. The molecule has 3 aliphatic rings. The highest BCUT2D eigenvalue weighted by molar-refractivity contribution is 9.12. The Morgan fingerprint density at radius 2 is 1.56 bits per heavy atom. The van der Waals surface area contributed by atoms with E-state index in [1.54, 1.807) is 0 Å². The van der Waals surface area contributed by atoms with Crippen LogP contribution in [0.5, 0.6) is 0 Å². The molecule has 0 spiro atoms. The minimum Gasteiger partial charge on any atom is -0.478 e. The lowest BCUT2D eigenvalue weighted by Crippen LogP contribution is -2.39. The Labute approximate surface area is 171 Å². The topological polar surface area (TPSA) is 104 Å². The first-order valence-corrected chi connectivity index (χ1v) is 10.4. The van der Waals surface area contributed by atoms with Crippen LogP contribution in [0.15, 0.2) is 24.3 Å². The van der Waals surface area contributed by atoms with Crippen LogP contribution in [0, 0.1) is 23.7 Å². The molecule has 2 saturated carbocycles. The average Bonchev–Trinajstić information content (AvgIpc) is 3.23. The van der Waals surface area contributed by atoms with Crippen LogP contribution in [-0.4, -0.2) is 49.9 Å². The predicted octanol–water partition coefficient (Wildman–Crippen LogP) is 2.10. The lowest BCUT2D eigenvalue weighted by molar-refractivity contribution is -0.143. The minimum absolute atomic E-state index is 0.106. The van der Waals surface area contributed by atoms with Crippen LogP contribution in [0.4, 0.5) is 5.69 Å². The number of carbonyl (C=O) groups excluding carboxylic acids is 3. The number of benzene rings is 1. The van der Waals surface area contributed by atoms with Gasteiger partial charge in [-0.05, 0) is 42.5 Å². The Hall–Kier alpha value is -1.74. The Morgan fingerprint density at radius 3 is 2.04 bits per heavy atom. The molecule has 6 atom stereocenters. The number of nitrogens with zero attached hydrogens (tertiary/aromatic N) is 1. The molecule has 1 aliphatic heterocycles. The second-order valence-corrected chi connectivity index (χ2v) is 9.31. The highest BCUT2D eigenvalue weighted by atomic mass is 79.9. The Morgan fingerprint density at radius 1 is 1.04 bits per heavy atom. The average molecular weight is 500 g/mol. The van der Waals surface area contributed by atoms with Crippen molar-refractivity contribution in [2.24, 2.45) is 23.7 Å². The molecule has 7 nitrogen and oxygen atoms in total. The van der Waals surface area contributed by atoms with Crippen molar-refractivity contribution in [3.63, 3.8) is 0 Å². The van der Waals surface area contributed by atoms with E-state index in [-0.39, 0.29) is 57.2 Å². The van der Waals surface area contributed by atoms with Crippen LogP contribution in [-0.2, 0) is 14.4 Å². The minimum atomic E-state index is -1.06. The third-order valence-corrected chi connectivity index (χ3v) is 9.00. The van der Waals surface area contributed by atoms with Crippen LogP contribution in [0.3, 0.4) is 0 Å². The molecule has 27 heavy (non-hydrogen) atoms. The fourth-order valence-electron chi connectivity index (χ4n) is 4.61. The van der Waals surface area contributed by atoms with Crippen LogP contribution < -0.4 is 5.32 Å². The lowest BCUT2D eigenvalue weighted by atomic mass is 9.81. The molecule has 1 aromatic rings. The smallest absolute Gasteiger partial charge is 0.335 e. The number of likely N-dealkylation sites (tertiary alicyclic amines) is 1. The summed E-state index contributed by atoms with van der Waals surface area (Å²) in [5.74, 6) is -2.55. The predicted molar refractivity (Wildman–Crippen MR) is 103 cm³/mol. The summed E-state index contributed by atoms with van der Waals surface area (Å²) < 4.78 is 0. The molecule has 2 aliphatic carbocycles. The van der Waals surface area contributed by atoms with Gasteiger partial charge < -0.3 is 10.4 Å². The second kappa shape index (κ2) is 6.70. The van der Waals surface area contributed by atoms with E-state index in [1.807, 2.05) is 0 Å². The summed E-state index contributed by atoms with van der Waals surface area (Å²) in [4.78, 5) is 50.1. The van der Waals surface area contributed by atoms with Gasteiger partial charge in [0, 0.05) is 15.3 Å². The molecule has 0 aromatic heterocycles. The normalized spacial score (nSPS) is 34.1. The fourth-order valence-corrected chi connectivity index (χ4v) is 6.48. The van der Waals surface area contributed by atoms with Crippen LogP contribution in [0.2, 0.25) is 0 Å². The van der Waals surface area contributed by atoms with E-state index in [2.05, 4.69) is 37.2 Å². The standard InChI is InChI=1S/C18H16Br2N2O5/c19-14-9-5-10(15(14)20)13-12(9)16(24)22(17(13)25)6-11(23)21-8-3-1-7(2-4-8)18(26)27/h1-4,9-10,12-15H,5-6H2,(H,21,23)(H,26,27)/t9-,10+,12-,13+,14-,15-/m1/s1. The van der Waals surface area contributed by atoms with E-state index in [4.69, 9.17) is 5.11 Å². The van der Waals surface area contributed by atoms with Gasteiger partial charge in [-0.2, -0.15) is 0 Å². The van der Waals surface area contributed by atoms with E-state index < -0.39 is 11.9 Å². The summed E-state index contributed by atoms with van der Waals surface area (Å²) in [6.07, 6.45) is 0.842. The number of rotatable bonds is 4. The van der Waals surface area contributed by atoms with Crippen molar-refractivity contribution in [1.82, 2.24) is 4.90 Å². The SMILES string of the molecule is O=C(CN1C(=O)[C@@H]2[C@H]3C[C@H]([C@@H](Br)[C@@H]3Br)[C@@H]2C1=O)Nc1ccc(C(=O)O)cc1. The molecule has 1 heterocycles. The van der Waals surface area contributed by atoms with Gasteiger partial charge in [0.25, 0.3) is 0 Å². The summed E-state index contributed by atoms with van der Waals surface area (Å²) >= 11 is 7.25. The van der Waals surface area contributed by atoms with Gasteiger partial charge in [0.15, 0.2) is 0 Å². The second-order valence-electron chi connectivity index (χ2n) is 7.20. The monoisotopic (exact) mass is 498 g/mol. The number of alkyl halides is 2. The van der Waals surface area contributed by atoms with Gasteiger partial charge in [0.05, 0.1) is 17.4 Å². The number of halogens is 2. The number of imide groups is 1. The number of carboxylic acids is 1. The first-order valence-electron chi connectivity index (χ1n) is 8.56.